The standard InChI is InChI=1S/C18H26FN3O2/c1-2-3-4-9-20-18(24)21-13-14-5-6-17(16(19)12-14)22-10-7-15(23)8-11-22/h2-3,5-6,12,15,23H,4,7-11,13H2,1H3,(H2,20,21,24). The third-order valence-corrected chi connectivity index (χ3v) is 4.10. The topological polar surface area (TPSA) is 64.6 Å². The first kappa shape index (κ1) is 18.3. The van der Waals surface area contributed by atoms with Gasteiger partial charge in [-0.3, -0.25) is 0 Å². The highest BCUT2D eigenvalue weighted by Crippen LogP contribution is 2.24. The smallest absolute Gasteiger partial charge is 0.315 e. The molecule has 0 unspecified atom stereocenters. The maximum atomic E-state index is 14.3. The zero-order chi connectivity index (χ0) is 17.4. The molecule has 1 saturated heterocycles. The monoisotopic (exact) mass is 335 g/mol. The SMILES string of the molecule is CC=CCCNC(=O)NCc1ccc(N2CCC(O)CC2)c(F)c1. The molecule has 0 radical (unpaired) electrons. The van der Waals surface area contributed by atoms with Gasteiger partial charge in [-0.1, -0.05) is 18.2 Å². The number of piperidine rings is 1. The Morgan fingerprint density at radius 3 is 2.79 bits per heavy atom. The van der Waals surface area contributed by atoms with Crippen LogP contribution < -0.4 is 15.5 Å². The molecular formula is C18H26FN3O2. The fourth-order valence-electron chi connectivity index (χ4n) is 2.70. The summed E-state index contributed by atoms with van der Waals surface area (Å²) in [6.45, 7) is 4.11. The summed E-state index contributed by atoms with van der Waals surface area (Å²) in [5, 5.41) is 15.0. The van der Waals surface area contributed by atoms with E-state index in [1.807, 2.05) is 30.0 Å². The highest BCUT2D eigenvalue weighted by Gasteiger charge is 2.19. The Balaban J connectivity index is 1.82. The maximum Gasteiger partial charge on any atom is 0.315 e. The summed E-state index contributed by atoms with van der Waals surface area (Å²) in [4.78, 5) is 13.6. The molecule has 132 valence electrons. The van der Waals surface area contributed by atoms with Gasteiger partial charge < -0.3 is 20.6 Å². The summed E-state index contributed by atoms with van der Waals surface area (Å²) in [5.41, 5.74) is 1.28. The Labute approximate surface area is 142 Å². The summed E-state index contributed by atoms with van der Waals surface area (Å²) < 4.78 is 14.3. The second-order valence-electron chi connectivity index (χ2n) is 5.97. The number of anilines is 1. The van der Waals surface area contributed by atoms with Crippen molar-refractivity contribution in [3.63, 3.8) is 0 Å². The van der Waals surface area contributed by atoms with E-state index in [-0.39, 0.29) is 24.5 Å². The van der Waals surface area contributed by atoms with Crippen LogP contribution in [0.2, 0.25) is 0 Å². The molecule has 5 nitrogen and oxygen atoms in total. The lowest BCUT2D eigenvalue weighted by Crippen LogP contribution is -2.36. The van der Waals surface area contributed by atoms with Crippen molar-refractivity contribution in [3.8, 4) is 0 Å². The van der Waals surface area contributed by atoms with Crippen LogP contribution in [0, 0.1) is 5.82 Å². The average molecular weight is 335 g/mol. The van der Waals surface area contributed by atoms with Crippen LogP contribution in [0.1, 0.15) is 31.7 Å². The van der Waals surface area contributed by atoms with Crippen molar-refractivity contribution in [1.82, 2.24) is 10.6 Å². The Hall–Kier alpha value is -2.08. The number of carbonyl (C=O) groups excluding carboxylic acids is 1. The van der Waals surface area contributed by atoms with Crippen molar-refractivity contribution in [3.05, 3.63) is 41.7 Å². The maximum absolute atomic E-state index is 14.3. The zero-order valence-electron chi connectivity index (χ0n) is 14.1. The first-order chi connectivity index (χ1) is 11.6. The van der Waals surface area contributed by atoms with E-state index in [1.165, 1.54) is 6.07 Å². The van der Waals surface area contributed by atoms with Crippen molar-refractivity contribution in [1.29, 1.82) is 0 Å². The van der Waals surface area contributed by atoms with E-state index < -0.39 is 0 Å². The van der Waals surface area contributed by atoms with Crippen molar-refractivity contribution in [2.24, 2.45) is 0 Å². The number of aliphatic hydroxyl groups is 1. The van der Waals surface area contributed by atoms with E-state index >= 15 is 0 Å². The molecule has 0 aliphatic carbocycles. The minimum absolute atomic E-state index is 0.256. The molecule has 1 fully saturated rings. The van der Waals surface area contributed by atoms with Crippen LogP contribution in [-0.4, -0.2) is 36.9 Å². The van der Waals surface area contributed by atoms with Gasteiger partial charge in [0.15, 0.2) is 0 Å². The highest BCUT2D eigenvalue weighted by atomic mass is 19.1. The van der Waals surface area contributed by atoms with E-state index in [1.54, 1.807) is 6.07 Å². The molecule has 1 aliphatic heterocycles. The molecule has 0 spiro atoms. The van der Waals surface area contributed by atoms with Gasteiger partial charge in [0.1, 0.15) is 5.82 Å². The lowest BCUT2D eigenvalue weighted by atomic mass is 10.1. The van der Waals surface area contributed by atoms with Crippen molar-refractivity contribution >= 4 is 11.7 Å². The van der Waals surface area contributed by atoms with Crippen LogP contribution in [0.5, 0.6) is 0 Å². The lowest BCUT2D eigenvalue weighted by Gasteiger charge is -2.31. The van der Waals surface area contributed by atoms with Crippen LogP contribution in [0.3, 0.4) is 0 Å². The normalized spacial score (nSPS) is 15.7. The van der Waals surface area contributed by atoms with Crippen LogP contribution in [0.4, 0.5) is 14.9 Å². The predicted octanol–water partition coefficient (Wildman–Crippen LogP) is 2.55. The van der Waals surface area contributed by atoms with Crippen molar-refractivity contribution in [2.45, 2.75) is 38.8 Å². The number of amides is 2. The summed E-state index contributed by atoms with van der Waals surface area (Å²) in [6, 6.07) is 4.77. The van der Waals surface area contributed by atoms with Gasteiger partial charge in [-0.25, -0.2) is 9.18 Å². The number of hydrogen-bond acceptors (Lipinski definition) is 3. The highest BCUT2D eigenvalue weighted by molar-refractivity contribution is 5.73. The molecule has 0 aromatic heterocycles. The molecule has 6 heteroatoms. The molecule has 0 atom stereocenters. The number of allylic oxidation sites excluding steroid dienone is 1. The number of urea groups is 1. The molecule has 0 bridgehead atoms. The minimum atomic E-state index is -0.292. The van der Waals surface area contributed by atoms with Gasteiger partial charge in [0, 0.05) is 26.2 Å². The molecule has 24 heavy (non-hydrogen) atoms. The molecule has 1 heterocycles. The third kappa shape index (κ3) is 5.53. The summed E-state index contributed by atoms with van der Waals surface area (Å²) >= 11 is 0. The Morgan fingerprint density at radius 1 is 1.38 bits per heavy atom. The van der Waals surface area contributed by atoms with E-state index in [0.717, 1.165) is 12.0 Å². The van der Waals surface area contributed by atoms with Crippen molar-refractivity contribution in [2.75, 3.05) is 24.5 Å². The number of rotatable bonds is 6. The third-order valence-electron chi connectivity index (χ3n) is 4.10. The Kier molecular flexibility index (Phi) is 7.06. The van der Waals surface area contributed by atoms with E-state index in [2.05, 4.69) is 10.6 Å². The van der Waals surface area contributed by atoms with Crippen molar-refractivity contribution < 1.29 is 14.3 Å². The zero-order valence-corrected chi connectivity index (χ0v) is 14.1. The number of nitrogens with zero attached hydrogens (tertiary/aromatic N) is 1. The Morgan fingerprint density at radius 2 is 2.12 bits per heavy atom. The molecule has 0 saturated carbocycles. The van der Waals surface area contributed by atoms with Gasteiger partial charge in [-0.2, -0.15) is 0 Å². The summed E-state index contributed by atoms with van der Waals surface area (Å²) in [7, 11) is 0. The van der Waals surface area contributed by atoms with Crippen LogP contribution >= 0.6 is 0 Å². The largest absolute Gasteiger partial charge is 0.393 e. The van der Waals surface area contributed by atoms with Gasteiger partial charge in [0.2, 0.25) is 0 Å². The Bertz CT molecular complexity index is 569. The molecule has 3 N–H and O–H groups in total. The average Bonchev–Trinajstić information content (AvgIpc) is 2.58. The first-order valence-electron chi connectivity index (χ1n) is 8.44. The number of aliphatic hydroxyl groups excluding tert-OH is 1. The van der Waals surface area contributed by atoms with Crippen LogP contribution in [0.15, 0.2) is 30.4 Å². The number of halogens is 1. The fourth-order valence-corrected chi connectivity index (χ4v) is 2.70. The number of benzene rings is 1. The molecule has 1 aliphatic rings. The van der Waals surface area contributed by atoms with E-state index in [4.69, 9.17) is 0 Å². The van der Waals surface area contributed by atoms with E-state index in [0.29, 0.717) is 38.2 Å². The molecule has 1 aromatic carbocycles. The number of carbonyl (C=O) groups is 1. The first-order valence-corrected chi connectivity index (χ1v) is 8.44. The fraction of sp³-hybridized carbons (Fsp3) is 0.500. The molecule has 2 amide bonds. The van der Waals surface area contributed by atoms with Gasteiger partial charge >= 0.3 is 6.03 Å². The predicted molar refractivity (Wildman–Crippen MR) is 93.5 cm³/mol. The van der Waals surface area contributed by atoms with Gasteiger partial charge in [0.25, 0.3) is 0 Å². The number of hydrogen-bond donors (Lipinski definition) is 3. The molecular weight excluding hydrogens is 309 g/mol. The van der Waals surface area contributed by atoms with Gasteiger partial charge in [-0.05, 0) is 43.9 Å². The van der Waals surface area contributed by atoms with E-state index in [9.17, 15) is 14.3 Å². The molecule has 2 rings (SSSR count). The second-order valence-corrected chi connectivity index (χ2v) is 5.97. The quantitative estimate of drug-likeness (QED) is 0.553. The van der Waals surface area contributed by atoms with Crippen LogP contribution in [0.25, 0.3) is 0 Å². The summed E-state index contributed by atoms with van der Waals surface area (Å²) in [6.07, 6.45) is 5.75. The number of nitrogens with one attached hydrogen (secondary N) is 2. The van der Waals surface area contributed by atoms with Gasteiger partial charge in [-0.15, -0.1) is 0 Å². The second kappa shape index (κ2) is 9.27. The molecule has 1 aromatic rings. The lowest BCUT2D eigenvalue weighted by molar-refractivity contribution is 0.145. The van der Waals surface area contributed by atoms with Gasteiger partial charge in [0.05, 0.1) is 11.8 Å². The summed E-state index contributed by atoms with van der Waals surface area (Å²) in [5.74, 6) is -0.292. The van der Waals surface area contributed by atoms with Crippen LogP contribution in [-0.2, 0) is 6.54 Å². The minimum Gasteiger partial charge on any atom is -0.393 e.